The van der Waals surface area contributed by atoms with Gasteiger partial charge in [0.15, 0.2) is 0 Å². The van der Waals surface area contributed by atoms with E-state index in [0.29, 0.717) is 0 Å². The van der Waals surface area contributed by atoms with Crippen molar-refractivity contribution in [2.75, 3.05) is 0 Å². The van der Waals surface area contributed by atoms with E-state index in [0.717, 1.165) is 72.2 Å². The van der Waals surface area contributed by atoms with Crippen LogP contribution in [0.1, 0.15) is 22.3 Å². The Hall–Kier alpha value is -6.38. The predicted molar refractivity (Wildman–Crippen MR) is 200 cm³/mol. The molecule has 9 aromatic rings. The van der Waals surface area contributed by atoms with Crippen molar-refractivity contribution in [2.45, 2.75) is 5.41 Å². The van der Waals surface area contributed by atoms with Crippen molar-refractivity contribution in [3.05, 3.63) is 204 Å². The highest BCUT2D eigenvalue weighted by Gasteiger charge is 2.45. The van der Waals surface area contributed by atoms with Gasteiger partial charge in [-0.1, -0.05) is 158 Å². The summed E-state index contributed by atoms with van der Waals surface area (Å²) in [5.74, 6) is 1.73. The Balaban J connectivity index is 1.20. The first kappa shape index (κ1) is 27.7. The largest absolute Gasteiger partial charge is 0.457 e. The molecule has 8 aromatic carbocycles. The Kier molecular flexibility index (Phi) is 6.13. The van der Waals surface area contributed by atoms with Crippen LogP contribution >= 0.6 is 0 Å². The predicted octanol–water partition coefficient (Wildman–Crippen LogP) is 12.6. The highest BCUT2D eigenvalue weighted by molar-refractivity contribution is 6.19. The Morgan fingerprint density at radius 3 is 1.88 bits per heavy atom. The second-order valence-corrected chi connectivity index (χ2v) is 12.8. The fraction of sp³-hybridized carbons (Fsp3) is 0.0213. The van der Waals surface area contributed by atoms with Gasteiger partial charge >= 0.3 is 0 Å². The van der Waals surface area contributed by atoms with E-state index < -0.39 is 5.41 Å². The van der Waals surface area contributed by atoms with Crippen molar-refractivity contribution in [3.8, 4) is 33.8 Å². The molecule has 0 fully saturated rings. The van der Waals surface area contributed by atoms with Gasteiger partial charge < -0.3 is 9.15 Å². The van der Waals surface area contributed by atoms with E-state index in [1.54, 1.807) is 0 Å². The molecule has 0 unspecified atom stereocenters. The van der Waals surface area contributed by atoms with Crippen LogP contribution in [0.15, 0.2) is 186 Å². The van der Waals surface area contributed by atoms with Gasteiger partial charge in [0.05, 0.1) is 5.41 Å². The number of para-hydroxylation sites is 1. The van der Waals surface area contributed by atoms with Crippen molar-refractivity contribution in [1.82, 2.24) is 0 Å². The minimum Gasteiger partial charge on any atom is -0.457 e. The van der Waals surface area contributed by atoms with Crippen molar-refractivity contribution < 1.29 is 9.15 Å². The molecular formula is C47H30O2. The number of hydrogen-bond acceptors (Lipinski definition) is 2. The molecule has 0 atom stereocenters. The molecule has 0 aliphatic carbocycles. The Bertz CT molecular complexity index is 2650. The summed E-state index contributed by atoms with van der Waals surface area (Å²) in [6.45, 7) is 0. The summed E-state index contributed by atoms with van der Waals surface area (Å²) in [7, 11) is 0. The molecule has 1 aromatic heterocycles. The third kappa shape index (κ3) is 4.07. The number of furan rings is 1. The van der Waals surface area contributed by atoms with Gasteiger partial charge in [0.25, 0.3) is 0 Å². The lowest BCUT2D eigenvalue weighted by Crippen LogP contribution is -2.34. The van der Waals surface area contributed by atoms with E-state index >= 15 is 0 Å². The smallest absolute Gasteiger partial charge is 0.143 e. The van der Waals surface area contributed by atoms with Crippen molar-refractivity contribution in [1.29, 1.82) is 0 Å². The Morgan fingerprint density at radius 2 is 1.06 bits per heavy atom. The average molecular weight is 627 g/mol. The lowest BCUT2D eigenvalue weighted by molar-refractivity contribution is 0.435. The van der Waals surface area contributed by atoms with Crippen LogP contribution in [0.3, 0.4) is 0 Å². The molecule has 2 nitrogen and oxygen atoms in total. The first-order chi connectivity index (χ1) is 24.3. The molecule has 0 N–H and O–H groups in total. The van der Waals surface area contributed by atoms with Crippen LogP contribution in [0.2, 0.25) is 0 Å². The Morgan fingerprint density at radius 1 is 0.408 bits per heavy atom. The van der Waals surface area contributed by atoms with Crippen molar-refractivity contribution >= 4 is 32.7 Å². The lowest BCUT2D eigenvalue weighted by atomic mass is 9.63. The molecular weight excluding hydrogens is 597 g/mol. The number of fused-ring (bicyclic) bond motifs is 7. The van der Waals surface area contributed by atoms with E-state index in [4.69, 9.17) is 9.15 Å². The number of rotatable bonds is 4. The van der Waals surface area contributed by atoms with Gasteiger partial charge in [0.2, 0.25) is 0 Å². The van der Waals surface area contributed by atoms with Gasteiger partial charge in [-0.15, -0.1) is 0 Å². The topological polar surface area (TPSA) is 22.4 Å². The van der Waals surface area contributed by atoms with Crippen LogP contribution < -0.4 is 4.74 Å². The minimum absolute atomic E-state index is 0.547. The molecule has 0 radical (unpaired) electrons. The summed E-state index contributed by atoms with van der Waals surface area (Å²) in [4.78, 5) is 0. The maximum atomic E-state index is 6.82. The highest BCUT2D eigenvalue weighted by Crippen LogP contribution is 2.56. The van der Waals surface area contributed by atoms with E-state index in [9.17, 15) is 0 Å². The van der Waals surface area contributed by atoms with Crippen molar-refractivity contribution in [3.63, 3.8) is 0 Å². The molecule has 0 spiro atoms. The van der Waals surface area contributed by atoms with Crippen LogP contribution in [0.5, 0.6) is 11.5 Å². The molecule has 2 heteroatoms. The van der Waals surface area contributed by atoms with E-state index in [-0.39, 0.29) is 0 Å². The summed E-state index contributed by atoms with van der Waals surface area (Å²) < 4.78 is 13.4. The molecule has 1 aliphatic heterocycles. The summed E-state index contributed by atoms with van der Waals surface area (Å²) in [6.07, 6.45) is 0. The van der Waals surface area contributed by atoms with Gasteiger partial charge in [-0.3, -0.25) is 0 Å². The van der Waals surface area contributed by atoms with Crippen LogP contribution in [-0.2, 0) is 5.41 Å². The fourth-order valence-corrected chi connectivity index (χ4v) is 8.13. The van der Waals surface area contributed by atoms with Crippen LogP contribution in [-0.4, -0.2) is 0 Å². The lowest BCUT2D eigenvalue weighted by Gasteiger charge is -2.41. The molecule has 2 heterocycles. The fourth-order valence-electron chi connectivity index (χ4n) is 8.13. The van der Waals surface area contributed by atoms with E-state index in [1.165, 1.54) is 16.5 Å². The van der Waals surface area contributed by atoms with E-state index in [2.05, 4.69) is 182 Å². The van der Waals surface area contributed by atoms with E-state index in [1.807, 2.05) is 0 Å². The van der Waals surface area contributed by atoms with Crippen LogP contribution in [0.25, 0.3) is 55.0 Å². The third-order valence-corrected chi connectivity index (χ3v) is 10.2. The standard InChI is InChI=1S/C47H30O2/c1-3-15-33(16-4-1)47(34-17-5-2-6-18-34)40-23-11-12-24-42(40)48-44-30-32(27-29-41(44)47)35-19-9-10-21-37(35)38-22-13-25-43-45(38)39-28-26-31-14-7-8-20-36(31)46(39)49-43/h1-30H. The molecule has 0 saturated heterocycles. The highest BCUT2D eigenvalue weighted by atomic mass is 16.5. The van der Waals surface area contributed by atoms with Gasteiger partial charge in [0.1, 0.15) is 22.7 Å². The summed E-state index contributed by atoms with van der Waals surface area (Å²) in [6, 6.07) is 64.8. The quantitative estimate of drug-likeness (QED) is 0.194. The molecule has 0 bridgehead atoms. The molecule has 230 valence electrons. The van der Waals surface area contributed by atoms with Gasteiger partial charge in [-0.25, -0.2) is 0 Å². The second-order valence-electron chi connectivity index (χ2n) is 12.8. The van der Waals surface area contributed by atoms with Gasteiger partial charge in [-0.05, 0) is 63.0 Å². The molecule has 49 heavy (non-hydrogen) atoms. The zero-order chi connectivity index (χ0) is 32.4. The second kappa shape index (κ2) is 10.8. The van der Waals surface area contributed by atoms with Crippen molar-refractivity contribution in [2.24, 2.45) is 0 Å². The monoisotopic (exact) mass is 626 g/mol. The summed E-state index contributed by atoms with van der Waals surface area (Å²) >= 11 is 0. The molecule has 0 amide bonds. The maximum absolute atomic E-state index is 6.82. The number of hydrogen-bond donors (Lipinski definition) is 0. The number of ether oxygens (including phenoxy) is 1. The van der Waals surface area contributed by atoms with Crippen LogP contribution in [0, 0.1) is 0 Å². The molecule has 1 aliphatic rings. The molecule has 0 saturated carbocycles. The minimum atomic E-state index is -0.547. The zero-order valence-corrected chi connectivity index (χ0v) is 26.6. The normalized spacial score (nSPS) is 13.2. The molecule has 10 rings (SSSR count). The maximum Gasteiger partial charge on any atom is 0.143 e. The third-order valence-electron chi connectivity index (χ3n) is 10.2. The zero-order valence-electron chi connectivity index (χ0n) is 26.6. The first-order valence-corrected chi connectivity index (χ1v) is 16.8. The number of benzene rings is 8. The van der Waals surface area contributed by atoms with Gasteiger partial charge in [-0.2, -0.15) is 0 Å². The first-order valence-electron chi connectivity index (χ1n) is 16.8. The average Bonchev–Trinajstić information content (AvgIpc) is 3.57. The summed E-state index contributed by atoms with van der Waals surface area (Å²) in [5.41, 5.74) is 10.5. The Labute approximate surface area is 284 Å². The van der Waals surface area contributed by atoms with Gasteiger partial charge in [0, 0.05) is 27.3 Å². The van der Waals surface area contributed by atoms with Crippen LogP contribution in [0.4, 0.5) is 0 Å². The SMILES string of the molecule is c1ccc(C2(c3ccccc3)c3ccccc3Oc3cc(-c4ccccc4-c4cccc5oc6c7ccccc7ccc6c45)ccc32)cc1. The summed E-state index contributed by atoms with van der Waals surface area (Å²) in [5, 5.41) is 4.56.